The number of aliphatic carboxylic acids is 1. The lowest BCUT2D eigenvalue weighted by Crippen LogP contribution is -2.41. The third kappa shape index (κ3) is 4.16. The molecule has 1 aromatic carbocycles. The minimum Gasteiger partial charge on any atom is -0.481 e. The van der Waals surface area contributed by atoms with E-state index in [0.717, 1.165) is 47.5 Å². The van der Waals surface area contributed by atoms with E-state index < -0.39 is 18.0 Å². The minimum absolute atomic E-state index is 0.145. The Kier molecular flexibility index (Phi) is 5.54. The number of halogens is 2. The number of alkyl halides is 2. The van der Waals surface area contributed by atoms with Gasteiger partial charge in [0.25, 0.3) is 0 Å². The first-order chi connectivity index (χ1) is 17.8. The molecule has 1 aliphatic carbocycles. The Morgan fingerprint density at radius 3 is 2.73 bits per heavy atom. The Morgan fingerprint density at radius 2 is 1.97 bits per heavy atom. The maximum atomic E-state index is 12.9. The molecule has 0 spiro atoms. The Bertz CT molecular complexity index is 1490. The summed E-state index contributed by atoms with van der Waals surface area (Å²) < 4.78 is 32.5. The molecular weight excluding hydrogens is 480 g/mol. The summed E-state index contributed by atoms with van der Waals surface area (Å²) in [6, 6.07) is 10.6. The van der Waals surface area contributed by atoms with Crippen molar-refractivity contribution in [1.82, 2.24) is 19.4 Å². The summed E-state index contributed by atoms with van der Waals surface area (Å²) in [5, 5.41) is 9.64. The van der Waals surface area contributed by atoms with Crippen molar-refractivity contribution in [2.45, 2.75) is 32.8 Å². The van der Waals surface area contributed by atoms with Crippen LogP contribution in [0.1, 0.15) is 29.8 Å². The first-order valence-electron chi connectivity index (χ1n) is 12.1. The number of anilines is 1. The lowest BCUT2D eigenvalue weighted by molar-refractivity contribution is -0.143. The van der Waals surface area contributed by atoms with Gasteiger partial charge in [-0.1, -0.05) is 18.2 Å². The van der Waals surface area contributed by atoms with Gasteiger partial charge in [-0.15, -0.1) is 0 Å². The number of carboxylic acid groups (broad SMARTS) is 1. The predicted octanol–water partition coefficient (Wildman–Crippen LogP) is 4.59. The summed E-state index contributed by atoms with van der Waals surface area (Å²) in [6.07, 6.45) is 7.35. The molecule has 37 heavy (non-hydrogen) atoms. The van der Waals surface area contributed by atoms with Crippen LogP contribution in [0.5, 0.6) is 5.75 Å². The Labute approximate surface area is 211 Å². The van der Waals surface area contributed by atoms with Crippen molar-refractivity contribution >= 4 is 17.6 Å². The molecule has 2 fully saturated rings. The highest BCUT2D eigenvalue weighted by Crippen LogP contribution is 2.57. The van der Waals surface area contributed by atoms with Crippen LogP contribution in [0, 0.1) is 18.3 Å². The molecule has 2 aliphatic rings. The zero-order valence-electron chi connectivity index (χ0n) is 20.1. The summed E-state index contributed by atoms with van der Waals surface area (Å²) in [7, 11) is 0. The number of aromatic nitrogens is 4. The lowest BCUT2D eigenvalue weighted by atomic mass is 9.98. The summed E-state index contributed by atoms with van der Waals surface area (Å²) in [4.78, 5) is 27.4. The summed E-state index contributed by atoms with van der Waals surface area (Å²) in [6.45, 7) is 0.180. The topological polar surface area (TPSA) is 92.9 Å². The van der Waals surface area contributed by atoms with Gasteiger partial charge in [0.1, 0.15) is 11.4 Å². The van der Waals surface area contributed by atoms with Gasteiger partial charge >= 0.3 is 12.6 Å². The van der Waals surface area contributed by atoms with E-state index in [1.54, 1.807) is 30.6 Å². The molecule has 1 aliphatic heterocycles. The van der Waals surface area contributed by atoms with Crippen molar-refractivity contribution in [3.63, 3.8) is 0 Å². The molecule has 1 saturated carbocycles. The number of carboxylic acids is 1. The van der Waals surface area contributed by atoms with Crippen LogP contribution in [0.25, 0.3) is 16.8 Å². The van der Waals surface area contributed by atoms with E-state index in [1.807, 2.05) is 34.6 Å². The van der Waals surface area contributed by atoms with Gasteiger partial charge in [-0.2, -0.15) is 8.78 Å². The largest absolute Gasteiger partial charge is 0.481 e. The molecule has 8 nitrogen and oxygen atoms in total. The van der Waals surface area contributed by atoms with Crippen LogP contribution < -0.4 is 9.64 Å². The number of imidazole rings is 1. The van der Waals surface area contributed by atoms with Gasteiger partial charge in [0.05, 0.1) is 11.1 Å². The number of rotatable bonds is 7. The molecular formula is C27H25F2N5O3. The van der Waals surface area contributed by atoms with Gasteiger partial charge < -0.3 is 19.1 Å². The highest BCUT2D eigenvalue weighted by molar-refractivity contribution is 5.80. The summed E-state index contributed by atoms with van der Waals surface area (Å²) >= 11 is 0. The fourth-order valence-corrected chi connectivity index (χ4v) is 5.45. The van der Waals surface area contributed by atoms with Crippen molar-refractivity contribution < 1.29 is 23.4 Å². The molecule has 2 unspecified atom stereocenters. The van der Waals surface area contributed by atoms with E-state index in [2.05, 4.69) is 15.0 Å². The van der Waals surface area contributed by atoms with Gasteiger partial charge in [-0.05, 0) is 43.9 Å². The van der Waals surface area contributed by atoms with E-state index in [1.165, 1.54) is 6.07 Å². The van der Waals surface area contributed by atoms with E-state index in [4.69, 9.17) is 4.74 Å². The lowest BCUT2D eigenvalue weighted by Gasteiger charge is -2.30. The summed E-state index contributed by atoms with van der Waals surface area (Å²) in [5.74, 6) is 0.202. The van der Waals surface area contributed by atoms with E-state index in [9.17, 15) is 18.7 Å². The first-order valence-corrected chi connectivity index (χ1v) is 12.1. The number of fused-ring (bicyclic) bond motifs is 2. The molecule has 4 aromatic rings. The van der Waals surface area contributed by atoms with Crippen LogP contribution in [0.15, 0.2) is 55.0 Å². The smallest absolute Gasteiger partial charge is 0.387 e. The second-order valence-corrected chi connectivity index (χ2v) is 9.80. The van der Waals surface area contributed by atoms with Gasteiger partial charge in [-0.3, -0.25) is 4.79 Å². The van der Waals surface area contributed by atoms with Crippen LogP contribution >= 0.6 is 0 Å². The number of carbonyl (C=O) groups is 1. The van der Waals surface area contributed by atoms with Crippen LogP contribution in [-0.2, 0) is 11.2 Å². The SMILES string of the molecule is Cc1nc2ccc(-c3cnc(N4CCC5CC5(C(=O)O)C4)nc3)cn2c1Cc1ccccc1OC(F)F. The van der Waals surface area contributed by atoms with Crippen molar-refractivity contribution in [3.8, 4) is 16.9 Å². The second kappa shape index (κ2) is 8.79. The predicted molar refractivity (Wildman–Crippen MR) is 132 cm³/mol. The van der Waals surface area contributed by atoms with Crippen molar-refractivity contribution in [2.24, 2.45) is 11.3 Å². The number of pyridine rings is 1. The molecule has 0 amide bonds. The second-order valence-electron chi connectivity index (χ2n) is 9.80. The van der Waals surface area contributed by atoms with Gasteiger partial charge in [0.15, 0.2) is 0 Å². The molecule has 3 aromatic heterocycles. The molecule has 1 saturated heterocycles. The van der Waals surface area contributed by atoms with Crippen LogP contribution in [0.4, 0.5) is 14.7 Å². The minimum atomic E-state index is -2.90. The van der Waals surface area contributed by atoms with Gasteiger partial charge in [-0.25, -0.2) is 15.0 Å². The zero-order valence-corrected chi connectivity index (χ0v) is 20.1. The highest BCUT2D eigenvalue weighted by atomic mass is 19.3. The number of nitrogens with zero attached hydrogens (tertiary/aromatic N) is 5. The molecule has 190 valence electrons. The Morgan fingerprint density at radius 1 is 1.19 bits per heavy atom. The number of benzene rings is 1. The number of hydrogen-bond donors (Lipinski definition) is 1. The third-order valence-corrected chi connectivity index (χ3v) is 7.60. The standard InChI is InChI=1S/C27H25F2N5O3/c1-16-21(10-17-4-2-3-5-22(17)37-25(28)29)34-14-18(6-7-23(34)32-16)19-12-30-26(31-13-19)33-9-8-20-11-27(20,15-33)24(35)36/h2-7,12-14,20,25H,8-11,15H2,1H3,(H,35,36). The Hall–Kier alpha value is -4.08. The summed E-state index contributed by atoms with van der Waals surface area (Å²) in [5.41, 5.74) is 4.07. The molecule has 10 heteroatoms. The maximum absolute atomic E-state index is 12.9. The van der Waals surface area contributed by atoms with Crippen molar-refractivity contribution in [2.75, 3.05) is 18.0 Å². The zero-order chi connectivity index (χ0) is 25.7. The van der Waals surface area contributed by atoms with Crippen molar-refractivity contribution in [3.05, 3.63) is 71.9 Å². The average molecular weight is 506 g/mol. The molecule has 0 radical (unpaired) electrons. The van der Waals surface area contributed by atoms with Gasteiger partial charge in [0, 0.05) is 60.5 Å². The number of ether oxygens (including phenoxy) is 1. The third-order valence-electron chi connectivity index (χ3n) is 7.60. The maximum Gasteiger partial charge on any atom is 0.387 e. The first kappa shape index (κ1) is 23.3. The number of para-hydroxylation sites is 1. The van der Waals surface area contributed by atoms with E-state index in [-0.39, 0.29) is 11.7 Å². The quantitative estimate of drug-likeness (QED) is 0.393. The fourth-order valence-electron chi connectivity index (χ4n) is 5.45. The molecule has 1 N–H and O–H groups in total. The van der Waals surface area contributed by atoms with Crippen LogP contribution in [0.3, 0.4) is 0 Å². The average Bonchev–Trinajstić information content (AvgIpc) is 3.56. The highest BCUT2D eigenvalue weighted by Gasteiger charge is 2.62. The van der Waals surface area contributed by atoms with Crippen LogP contribution in [0.2, 0.25) is 0 Å². The Balaban J connectivity index is 1.27. The van der Waals surface area contributed by atoms with Crippen molar-refractivity contribution in [1.29, 1.82) is 0 Å². The normalized spacial score (nSPS) is 20.8. The number of hydrogen-bond acceptors (Lipinski definition) is 6. The van der Waals surface area contributed by atoms with E-state index in [0.29, 0.717) is 24.5 Å². The molecule has 2 atom stereocenters. The molecule has 6 rings (SSSR count). The fraction of sp³-hybridized carbons (Fsp3) is 0.333. The van der Waals surface area contributed by atoms with E-state index >= 15 is 0 Å². The molecule has 0 bridgehead atoms. The number of piperidine rings is 1. The molecule has 4 heterocycles. The van der Waals surface area contributed by atoms with Gasteiger partial charge in [0.2, 0.25) is 5.95 Å². The van der Waals surface area contributed by atoms with Crippen LogP contribution in [-0.4, -0.2) is 50.1 Å². The number of aryl methyl sites for hydroxylation is 1. The monoisotopic (exact) mass is 505 g/mol.